The molecule has 25 heavy (non-hydrogen) atoms. The van der Waals surface area contributed by atoms with Gasteiger partial charge in [-0.25, -0.2) is 0 Å². The van der Waals surface area contributed by atoms with Gasteiger partial charge in [0.05, 0.1) is 0 Å². The van der Waals surface area contributed by atoms with Crippen molar-refractivity contribution in [1.29, 1.82) is 0 Å². The lowest BCUT2D eigenvalue weighted by molar-refractivity contribution is -0.164. The molecule has 0 aromatic rings. The van der Waals surface area contributed by atoms with Gasteiger partial charge >= 0.3 is 5.97 Å². The molecular formula is C20H34O5. The molecule has 0 aliphatic rings. The number of hydrogen-bond donors (Lipinski definition) is 1. The van der Waals surface area contributed by atoms with Crippen molar-refractivity contribution in [2.75, 3.05) is 0 Å². The van der Waals surface area contributed by atoms with Crippen molar-refractivity contribution in [2.45, 2.75) is 97.8 Å². The van der Waals surface area contributed by atoms with Crippen molar-refractivity contribution in [3.05, 3.63) is 0 Å². The zero-order chi connectivity index (χ0) is 19.3. The SMILES string of the molecule is CCCCCC(=O)C(C(=O)O)(C(=O)CCCCC)C(=O)CCCCC. The summed E-state index contributed by atoms with van der Waals surface area (Å²) >= 11 is 0. The van der Waals surface area contributed by atoms with Crippen LogP contribution in [0.2, 0.25) is 0 Å². The third kappa shape index (κ3) is 6.71. The average Bonchev–Trinajstić information content (AvgIpc) is 2.56. The largest absolute Gasteiger partial charge is 0.480 e. The molecule has 0 fully saturated rings. The molecule has 0 saturated heterocycles. The van der Waals surface area contributed by atoms with Gasteiger partial charge < -0.3 is 5.11 Å². The Kier molecular flexibility index (Phi) is 12.0. The van der Waals surface area contributed by atoms with Crippen LogP contribution in [0.25, 0.3) is 0 Å². The third-order valence-corrected chi connectivity index (χ3v) is 4.60. The van der Waals surface area contributed by atoms with Crippen LogP contribution in [0.4, 0.5) is 0 Å². The lowest BCUT2D eigenvalue weighted by Crippen LogP contribution is -2.52. The number of carbonyl (C=O) groups excluding carboxylic acids is 3. The van der Waals surface area contributed by atoms with E-state index in [4.69, 9.17) is 0 Å². The highest BCUT2D eigenvalue weighted by Crippen LogP contribution is 2.30. The summed E-state index contributed by atoms with van der Waals surface area (Å²) in [6.45, 7) is 5.92. The Morgan fingerprint density at radius 3 is 1.08 bits per heavy atom. The molecule has 0 saturated carbocycles. The molecule has 0 amide bonds. The molecular weight excluding hydrogens is 320 g/mol. The average molecular weight is 354 g/mol. The van der Waals surface area contributed by atoms with Gasteiger partial charge in [0.15, 0.2) is 17.3 Å². The fraction of sp³-hybridized carbons (Fsp3) is 0.800. The molecule has 0 bridgehead atoms. The second-order valence-corrected chi connectivity index (χ2v) is 6.70. The summed E-state index contributed by atoms with van der Waals surface area (Å²) in [5, 5.41) is 9.74. The molecule has 0 aliphatic carbocycles. The summed E-state index contributed by atoms with van der Waals surface area (Å²) in [5.74, 6) is -3.76. The Balaban J connectivity index is 5.51. The van der Waals surface area contributed by atoms with Gasteiger partial charge in [0.1, 0.15) is 0 Å². The van der Waals surface area contributed by atoms with Gasteiger partial charge in [-0.15, -0.1) is 0 Å². The van der Waals surface area contributed by atoms with Crippen molar-refractivity contribution in [1.82, 2.24) is 0 Å². The van der Waals surface area contributed by atoms with Crippen LogP contribution in [0.3, 0.4) is 0 Å². The van der Waals surface area contributed by atoms with Crippen LogP contribution in [0.5, 0.6) is 0 Å². The number of carbonyl (C=O) groups is 4. The molecule has 0 aromatic heterocycles. The minimum absolute atomic E-state index is 0.0286. The lowest BCUT2D eigenvalue weighted by Gasteiger charge is -2.25. The molecule has 0 spiro atoms. The first-order valence-electron chi connectivity index (χ1n) is 9.72. The smallest absolute Gasteiger partial charge is 0.332 e. The first-order valence-corrected chi connectivity index (χ1v) is 9.72. The number of carboxylic acids is 1. The quantitative estimate of drug-likeness (QED) is 0.325. The van der Waals surface area contributed by atoms with Gasteiger partial charge in [-0.05, 0) is 19.3 Å². The maximum atomic E-state index is 12.7. The Hall–Kier alpha value is -1.52. The topological polar surface area (TPSA) is 88.5 Å². The lowest BCUT2D eigenvalue weighted by atomic mass is 9.71. The molecule has 144 valence electrons. The Morgan fingerprint density at radius 2 is 0.880 bits per heavy atom. The van der Waals surface area contributed by atoms with E-state index in [1.165, 1.54) is 0 Å². The van der Waals surface area contributed by atoms with Gasteiger partial charge in [-0.1, -0.05) is 59.3 Å². The number of rotatable bonds is 16. The number of carboxylic acid groups (broad SMARTS) is 1. The maximum Gasteiger partial charge on any atom is 0.332 e. The molecule has 0 unspecified atom stereocenters. The van der Waals surface area contributed by atoms with Crippen LogP contribution in [0, 0.1) is 5.41 Å². The highest BCUT2D eigenvalue weighted by Gasteiger charge is 2.56. The third-order valence-electron chi connectivity index (χ3n) is 4.60. The van der Waals surface area contributed by atoms with E-state index in [0.717, 1.165) is 38.5 Å². The second kappa shape index (κ2) is 12.8. The Labute approximate surface area is 151 Å². The highest BCUT2D eigenvalue weighted by molar-refractivity contribution is 6.37. The monoisotopic (exact) mass is 354 g/mol. The minimum Gasteiger partial charge on any atom is -0.480 e. The standard InChI is InChI=1S/C20H34O5/c1-4-7-10-13-16(21)20(19(24)25,17(22)14-11-8-5-2)18(23)15-12-9-6-3/h4-15H2,1-3H3,(H,24,25). The molecule has 0 atom stereocenters. The van der Waals surface area contributed by atoms with Crippen molar-refractivity contribution in [2.24, 2.45) is 5.41 Å². The van der Waals surface area contributed by atoms with Crippen LogP contribution in [0.15, 0.2) is 0 Å². The van der Waals surface area contributed by atoms with Crippen molar-refractivity contribution in [3.63, 3.8) is 0 Å². The maximum absolute atomic E-state index is 12.7. The molecule has 0 heterocycles. The van der Waals surface area contributed by atoms with E-state index in [0.29, 0.717) is 19.3 Å². The zero-order valence-electron chi connectivity index (χ0n) is 16.1. The number of Topliss-reactive ketones (excluding diaryl/α,β-unsaturated/α-hetero) is 3. The van der Waals surface area contributed by atoms with E-state index in [1.54, 1.807) is 0 Å². The van der Waals surface area contributed by atoms with E-state index in [-0.39, 0.29) is 19.3 Å². The van der Waals surface area contributed by atoms with Crippen LogP contribution >= 0.6 is 0 Å². The van der Waals surface area contributed by atoms with Gasteiger partial charge in [0.25, 0.3) is 0 Å². The van der Waals surface area contributed by atoms with E-state index in [2.05, 4.69) is 0 Å². The Morgan fingerprint density at radius 1 is 0.600 bits per heavy atom. The minimum atomic E-state index is -2.48. The molecule has 5 nitrogen and oxygen atoms in total. The van der Waals surface area contributed by atoms with Crippen molar-refractivity contribution < 1.29 is 24.3 Å². The molecule has 0 aromatic carbocycles. The van der Waals surface area contributed by atoms with E-state index < -0.39 is 28.7 Å². The fourth-order valence-corrected chi connectivity index (χ4v) is 2.99. The van der Waals surface area contributed by atoms with Gasteiger partial charge in [-0.3, -0.25) is 19.2 Å². The van der Waals surface area contributed by atoms with E-state index in [9.17, 15) is 24.3 Å². The molecule has 0 aliphatic heterocycles. The van der Waals surface area contributed by atoms with E-state index >= 15 is 0 Å². The number of aliphatic carboxylic acids is 1. The normalized spacial score (nSPS) is 11.3. The highest BCUT2D eigenvalue weighted by atomic mass is 16.4. The predicted molar refractivity (Wildman–Crippen MR) is 97.5 cm³/mol. The summed E-state index contributed by atoms with van der Waals surface area (Å²) in [5.41, 5.74) is -2.48. The summed E-state index contributed by atoms with van der Waals surface area (Å²) in [6, 6.07) is 0. The zero-order valence-corrected chi connectivity index (χ0v) is 16.1. The summed E-state index contributed by atoms with van der Waals surface area (Å²) in [4.78, 5) is 50.1. The second-order valence-electron chi connectivity index (χ2n) is 6.70. The predicted octanol–water partition coefficient (Wildman–Crippen LogP) is 4.51. The van der Waals surface area contributed by atoms with Gasteiger partial charge in [0.2, 0.25) is 5.41 Å². The first-order chi connectivity index (χ1) is 11.9. The van der Waals surface area contributed by atoms with Gasteiger partial charge in [0, 0.05) is 19.3 Å². The molecule has 1 N–H and O–H groups in total. The van der Waals surface area contributed by atoms with Crippen molar-refractivity contribution in [3.8, 4) is 0 Å². The van der Waals surface area contributed by atoms with Crippen LogP contribution in [-0.2, 0) is 19.2 Å². The van der Waals surface area contributed by atoms with Crippen LogP contribution in [0.1, 0.15) is 97.8 Å². The summed E-state index contributed by atoms with van der Waals surface area (Å²) in [7, 11) is 0. The summed E-state index contributed by atoms with van der Waals surface area (Å²) < 4.78 is 0. The molecule has 0 rings (SSSR count). The number of unbranched alkanes of at least 4 members (excludes halogenated alkanes) is 6. The molecule has 0 radical (unpaired) electrons. The number of ketones is 3. The van der Waals surface area contributed by atoms with Gasteiger partial charge in [-0.2, -0.15) is 0 Å². The van der Waals surface area contributed by atoms with Crippen molar-refractivity contribution >= 4 is 23.3 Å². The fourth-order valence-electron chi connectivity index (χ4n) is 2.99. The molecule has 5 heteroatoms. The first kappa shape index (κ1) is 23.5. The van der Waals surface area contributed by atoms with Crippen LogP contribution in [-0.4, -0.2) is 28.4 Å². The Bertz CT molecular complexity index is 398. The van der Waals surface area contributed by atoms with Crippen LogP contribution < -0.4 is 0 Å². The summed E-state index contributed by atoms with van der Waals surface area (Å²) in [6.07, 6.45) is 6.39. The number of hydrogen-bond acceptors (Lipinski definition) is 4. The van der Waals surface area contributed by atoms with E-state index in [1.807, 2.05) is 20.8 Å².